The Kier molecular flexibility index (Phi) is 4.52. The molecule has 1 heterocycles. The number of aromatic carboxylic acids is 1. The second-order valence-corrected chi connectivity index (χ2v) is 5.16. The number of aromatic nitrogens is 2. The van der Waals surface area contributed by atoms with Gasteiger partial charge in [-0.1, -0.05) is 0 Å². The van der Waals surface area contributed by atoms with Crippen LogP contribution in [-0.2, 0) is 18.2 Å². The Balaban J connectivity index is 2.50. The average Bonchev–Trinajstić information content (AvgIpc) is 2.57. The van der Waals surface area contributed by atoms with Gasteiger partial charge in [-0.05, 0) is 27.2 Å². The van der Waals surface area contributed by atoms with Crippen LogP contribution in [0.25, 0.3) is 0 Å². The third kappa shape index (κ3) is 4.99. The van der Waals surface area contributed by atoms with Gasteiger partial charge in [0.25, 0.3) is 0 Å². The summed E-state index contributed by atoms with van der Waals surface area (Å²) in [7, 11) is 1.65. The molecule has 0 aliphatic heterocycles. The number of carboxylic acid groups (broad SMARTS) is 1. The molecule has 0 bridgehead atoms. The summed E-state index contributed by atoms with van der Waals surface area (Å²) in [5, 5.41) is 15.4. The molecule has 19 heavy (non-hydrogen) atoms. The zero-order valence-electron chi connectivity index (χ0n) is 11.6. The summed E-state index contributed by atoms with van der Waals surface area (Å²) < 4.78 is 6.51. The van der Waals surface area contributed by atoms with Crippen LogP contribution in [0.5, 0.6) is 0 Å². The number of hydrogen-bond acceptors (Lipinski definition) is 4. The van der Waals surface area contributed by atoms with Gasteiger partial charge < -0.3 is 15.2 Å². The molecule has 0 fully saturated rings. The van der Waals surface area contributed by atoms with Crippen LogP contribution in [0.15, 0.2) is 6.20 Å². The van der Waals surface area contributed by atoms with Gasteiger partial charge in [0.2, 0.25) is 0 Å². The molecule has 0 aliphatic rings. The molecule has 7 nitrogen and oxygen atoms in total. The van der Waals surface area contributed by atoms with Gasteiger partial charge in [-0.15, -0.1) is 0 Å². The summed E-state index contributed by atoms with van der Waals surface area (Å²) in [4.78, 5) is 22.3. The van der Waals surface area contributed by atoms with Crippen LogP contribution < -0.4 is 5.32 Å². The number of carbonyl (C=O) groups excluding carboxylic acids is 1. The molecular formula is C12H19N3O4. The molecule has 1 aromatic heterocycles. The first kappa shape index (κ1) is 15.0. The molecule has 106 valence electrons. The van der Waals surface area contributed by atoms with Crippen LogP contribution in [-0.4, -0.2) is 39.1 Å². The largest absolute Gasteiger partial charge is 0.476 e. The molecule has 0 aromatic carbocycles. The summed E-state index contributed by atoms with van der Waals surface area (Å²) in [5.74, 6) is -1.08. The maximum absolute atomic E-state index is 11.4. The predicted octanol–water partition coefficient (Wildman–Crippen LogP) is 1.19. The van der Waals surface area contributed by atoms with Crippen molar-refractivity contribution in [3.63, 3.8) is 0 Å². The number of nitrogens with zero attached hydrogens (tertiary/aromatic N) is 2. The number of carboxylic acids is 1. The lowest BCUT2D eigenvalue weighted by molar-refractivity contribution is 0.0528. The molecule has 7 heteroatoms. The maximum Gasteiger partial charge on any atom is 0.407 e. The molecule has 2 N–H and O–H groups in total. The Bertz CT molecular complexity index is 474. The summed E-state index contributed by atoms with van der Waals surface area (Å²) in [6, 6.07) is 0. The normalized spacial score (nSPS) is 11.2. The van der Waals surface area contributed by atoms with Crippen molar-refractivity contribution in [2.45, 2.75) is 32.8 Å². The van der Waals surface area contributed by atoms with E-state index >= 15 is 0 Å². The first-order valence-corrected chi connectivity index (χ1v) is 5.91. The van der Waals surface area contributed by atoms with Crippen LogP contribution in [0.2, 0.25) is 0 Å². The van der Waals surface area contributed by atoms with E-state index in [9.17, 15) is 9.59 Å². The standard InChI is InChI=1S/C12H19N3O4/c1-12(2,3)19-11(18)13-6-5-8-7-15(4)14-9(8)10(16)17/h7H,5-6H2,1-4H3,(H,13,18)(H,16,17). The van der Waals surface area contributed by atoms with E-state index in [1.807, 2.05) is 0 Å². The van der Waals surface area contributed by atoms with E-state index in [2.05, 4.69) is 10.4 Å². The zero-order chi connectivity index (χ0) is 14.6. The fraction of sp³-hybridized carbons (Fsp3) is 0.583. The summed E-state index contributed by atoms with van der Waals surface area (Å²) >= 11 is 0. The fourth-order valence-electron chi connectivity index (χ4n) is 1.51. The second-order valence-electron chi connectivity index (χ2n) is 5.16. The number of alkyl carbamates (subject to hydrolysis) is 1. The van der Waals surface area contributed by atoms with E-state index in [4.69, 9.17) is 9.84 Å². The SMILES string of the molecule is Cn1cc(CCNC(=O)OC(C)(C)C)c(C(=O)O)n1. The van der Waals surface area contributed by atoms with Crippen molar-refractivity contribution >= 4 is 12.1 Å². The maximum atomic E-state index is 11.4. The van der Waals surface area contributed by atoms with E-state index in [0.717, 1.165) is 0 Å². The van der Waals surface area contributed by atoms with E-state index in [1.54, 1.807) is 34.0 Å². The van der Waals surface area contributed by atoms with Crippen molar-refractivity contribution in [1.29, 1.82) is 0 Å². The van der Waals surface area contributed by atoms with Crippen LogP contribution in [0.3, 0.4) is 0 Å². The van der Waals surface area contributed by atoms with Gasteiger partial charge in [-0.3, -0.25) is 4.68 Å². The predicted molar refractivity (Wildman–Crippen MR) is 68.1 cm³/mol. The van der Waals surface area contributed by atoms with Gasteiger partial charge in [0, 0.05) is 25.4 Å². The zero-order valence-corrected chi connectivity index (χ0v) is 11.6. The molecule has 0 aliphatic carbocycles. The van der Waals surface area contributed by atoms with Gasteiger partial charge in [0.15, 0.2) is 5.69 Å². The van der Waals surface area contributed by atoms with E-state index in [0.29, 0.717) is 18.5 Å². The highest BCUT2D eigenvalue weighted by Gasteiger charge is 2.17. The molecule has 0 unspecified atom stereocenters. The Morgan fingerprint density at radius 2 is 2.11 bits per heavy atom. The number of carbonyl (C=O) groups is 2. The van der Waals surface area contributed by atoms with Crippen molar-refractivity contribution < 1.29 is 19.4 Å². The summed E-state index contributed by atoms with van der Waals surface area (Å²) in [5.41, 5.74) is 0.0319. The third-order valence-electron chi connectivity index (χ3n) is 2.17. The highest BCUT2D eigenvalue weighted by molar-refractivity contribution is 5.87. The molecule has 0 saturated carbocycles. The third-order valence-corrected chi connectivity index (χ3v) is 2.17. The van der Waals surface area contributed by atoms with Crippen LogP contribution in [0.4, 0.5) is 4.79 Å². The quantitative estimate of drug-likeness (QED) is 0.856. The van der Waals surface area contributed by atoms with E-state index < -0.39 is 17.7 Å². The van der Waals surface area contributed by atoms with Crippen molar-refractivity contribution in [1.82, 2.24) is 15.1 Å². The van der Waals surface area contributed by atoms with Crippen molar-refractivity contribution in [2.75, 3.05) is 6.54 Å². The van der Waals surface area contributed by atoms with Crippen molar-refractivity contribution in [3.05, 3.63) is 17.5 Å². The van der Waals surface area contributed by atoms with Gasteiger partial charge in [0.05, 0.1) is 0 Å². The number of hydrogen-bond donors (Lipinski definition) is 2. The number of rotatable bonds is 4. The van der Waals surface area contributed by atoms with Gasteiger partial charge in [0.1, 0.15) is 5.60 Å². The Morgan fingerprint density at radius 3 is 2.63 bits per heavy atom. The van der Waals surface area contributed by atoms with Crippen LogP contribution in [0, 0.1) is 0 Å². The molecule has 1 amide bonds. The molecule has 1 rings (SSSR count). The summed E-state index contributed by atoms with van der Waals surface area (Å²) in [6.45, 7) is 5.61. The van der Waals surface area contributed by atoms with E-state index in [-0.39, 0.29) is 5.69 Å². The monoisotopic (exact) mass is 269 g/mol. The lowest BCUT2D eigenvalue weighted by atomic mass is 10.2. The number of aryl methyl sites for hydroxylation is 1. The Hall–Kier alpha value is -2.05. The molecule has 0 radical (unpaired) electrons. The number of amides is 1. The Labute approximate surface area is 111 Å². The van der Waals surface area contributed by atoms with E-state index in [1.165, 1.54) is 4.68 Å². The van der Waals surface area contributed by atoms with Crippen molar-refractivity contribution in [3.8, 4) is 0 Å². The summed E-state index contributed by atoms with van der Waals surface area (Å²) in [6.07, 6.45) is 1.49. The first-order chi connectivity index (χ1) is 8.69. The highest BCUT2D eigenvalue weighted by atomic mass is 16.6. The minimum atomic E-state index is -1.08. The lowest BCUT2D eigenvalue weighted by Gasteiger charge is -2.19. The van der Waals surface area contributed by atoms with Crippen LogP contribution >= 0.6 is 0 Å². The molecule has 0 spiro atoms. The molecule has 0 atom stereocenters. The lowest BCUT2D eigenvalue weighted by Crippen LogP contribution is -2.33. The smallest absolute Gasteiger partial charge is 0.407 e. The number of nitrogens with one attached hydrogen (secondary N) is 1. The van der Waals surface area contributed by atoms with Gasteiger partial charge in [-0.2, -0.15) is 5.10 Å². The van der Waals surface area contributed by atoms with Crippen LogP contribution in [0.1, 0.15) is 36.8 Å². The van der Waals surface area contributed by atoms with Gasteiger partial charge in [-0.25, -0.2) is 9.59 Å². The molecular weight excluding hydrogens is 250 g/mol. The minimum absolute atomic E-state index is 0.00786. The van der Waals surface area contributed by atoms with Crippen molar-refractivity contribution in [2.24, 2.45) is 7.05 Å². The second kappa shape index (κ2) is 5.73. The fourth-order valence-corrected chi connectivity index (χ4v) is 1.51. The number of ether oxygens (including phenoxy) is 1. The molecule has 0 saturated heterocycles. The van der Waals surface area contributed by atoms with Gasteiger partial charge >= 0.3 is 12.1 Å². The molecule has 1 aromatic rings. The average molecular weight is 269 g/mol. The minimum Gasteiger partial charge on any atom is -0.476 e. The first-order valence-electron chi connectivity index (χ1n) is 5.91. The highest BCUT2D eigenvalue weighted by Crippen LogP contribution is 2.08. The topological polar surface area (TPSA) is 93.5 Å². The Morgan fingerprint density at radius 1 is 1.47 bits per heavy atom.